The van der Waals surface area contributed by atoms with E-state index >= 15 is 0 Å². The molecule has 1 amide bonds. The van der Waals surface area contributed by atoms with Crippen molar-refractivity contribution in [3.63, 3.8) is 0 Å². The van der Waals surface area contributed by atoms with E-state index in [4.69, 9.17) is 9.15 Å². The number of aromatic nitrogens is 1. The largest absolute Gasteiger partial charge is 0.436 e. The molecular weight excluding hydrogens is 551 g/mol. The summed E-state index contributed by atoms with van der Waals surface area (Å²) in [5, 5.41) is 14.5. The second-order valence-electron chi connectivity index (χ2n) is 7.73. The molecule has 34 heavy (non-hydrogen) atoms. The van der Waals surface area contributed by atoms with E-state index in [0.29, 0.717) is 54.7 Å². The highest BCUT2D eigenvalue weighted by molar-refractivity contribution is 14.1. The molecule has 4 aromatic rings. The van der Waals surface area contributed by atoms with E-state index in [1.165, 1.54) is 6.07 Å². The summed E-state index contributed by atoms with van der Waals surface area (Å²) >= 11 is 2.23. The fourth-order valence-corrected chi connectivity index (χ4v) is 4.38. The summed E-state index contributed by atoms with van der Waals surface area (Å²) in [6.07, 6.45) is 0. The summed E-state index contributed by atoms with van der Waals surface area (Å²) in [5.41, 5.74) is 3.14. The third kappa shape index (κ3) is 4.59. The first-order chi connectivity index (χ1) is 16.5. The highest BCUT2D eigenvalue weighted by Crippen LogP contribution is 2.31. The van der Waals surface area contributed by atoms with Crippen LogP contribution in [0.1, 0.15) is 10.4 Å². The van der Waals surface area contributed by atoms with Gasteiger partial charge in [-0.15, -0.1) is 0 Å². The van der Waals surface area contributed by atoms with Crippen LogP contribution in [0.25, 0.3) is 22.6 Å². The molecule has 1 saturated heterocycles. The van der Waals surface area contributed by atoms with Crippen molar-refractivity contribution in [3.05, 3.63) is 79.9 Å². The van der Waals surface area contributed by atoms with E-state index in [9.17, 15) is 14.9 Å². The number of fused-ring (bicyclic) bond motifs is 1. The van der Waals surface area contributed by atoms with Gasteiger partial charge in [0, 0.05) is 39.5 Å². The van der Waals surface area contributed by atoms with Crippen LogP contribution in [-0.4, -0.2) is 42.1 Å². The topological polar surface area (TPSA) is 111 Å². The molecule has 1 aliphatic heterocycles. The maximum atomic E-state index is 12.9. The van der Waals surface area contributed by atoms with E-state index in [2.05, 4.69) is 32.9 Å². The summed E-state index contributed by atoms with van der Waals surface area (Å²) in [6.45, 7) is 2.15. The zero-order valence-electron chi connectivity index (χ0n) is 17.9. The van der Waals surface area contributed by atoms with Crippen molar-refractivity contribution < 1.29 is 18.9 Å². The van der Waals surface area contributed by atoms with E-state index in [1.807, 2.05) is 29.2 Å². The van der Waals surface area contributed by atoms with Crippen molar-refractivity contribution in [1.29, 1.82) is 0 Å². The van der Waals surface area contributed by atoms with Gasteiger partial charge in [-0.1, -0.05) is 6.07 Å². The van der Waals surface area contributed by atoms with Gasteiger partial charge in [0.1, 0.15) is 11.2 Å². The van der Waals surface area contributed by atoms with Gasteiger partial charge in [0.25, 0.3) is 11.6 Å². The van der Waals surface area contributed by atoms with Gasteiger partial charge in [-0.05, 0) is 71.1 Å². The molecule has 0 unspecified atom stereocenters. The number of oxazole rings is 1. The molecule has 2 heterocycles. The molecule has 1 fully saturated rings. The van der Waals surface area contributed by atoms with Crippen LogP contribution in [0, 0.1) is 13.7 Å². The number of benzene rings is 3. The molecule has 10 heteroatoms. The quantitative estimate of drug-likeness (QED) is 0.202. The van der Waals surface area contributed by atoms with Gasteiger partial charge in [-0.3, -0.25) is 14.9 Å². The average molecular weight is 570 g/mol. The zero-order chi connectivity index (χ0) is 23.7. The number of anilines is 2. The van der Waals surface area contributed by atoms with Crippen molar-refractivity contribution in [3.8, 4) is 11.5 Å². The Morgan fingerprint density at radius 2 is 1.91 bits per heavy atom. The van der Waals surface area contributed by atoms with Crippen molar-refractivity contribution >= 4 is 56.7 Å². The number of hydrogen-bond donors (Lipinski definition) is 1. The smallest absolute Gasteiger partial charge is 0.293 e. The first-order valence-electron chi connectivity index (χ1n) is 10.6. The predicted molar refractivity (Wildman–Crippen MR) is 136 cm³/mol. The number of carbonyl (C=O) groups excluding carboxylic acids is 1. The van der Waals surface area contributed by atoms with Crippen LogP contribution in [0.4, 0.5) is 17.1 Å². The summed E-state index contributed by atoms with van der Waals surface area (Å²) in [7, 11) is 0. The number of nitro groups is 1. The minimum Gasteiger partial charge on any atom is -0.436 e. The number of nitrogens with zero attached hydrogens (tertiary/aromatic N) is 3. The lowest BCUT2D eigenvalue weighted by Gasteiger charge is -2.28. The van der Waals surface area contributed by atoms with Gasteiger partial charge < -0.3 is 19.4 Å². The second kappa shape index (κ2) is 9.39. The van der Waals surface area contributed by atoms with Crippen LogP contribution in [-0.2, 0) is 4.74 Å². The van der Waals surface area contributed by atoms with Gasteiger partial charge in [0.2, 0.25) is 5.89 Å². The van der Waals surface area contributed by atoms with Gasteiger partial charge in [-0.25, -0.2) is 4.98 Å². The van der Waals surface area contributed by atoms with Crippen molar-refractivity contribution in [2.75, 3.05) is 36.5 Å². The minimum atomic E-state index is -0.463. The molecule has 3 aromatic carbocycles. The number of morpholine rings is 1. The van der Waals surface area contributed by atoms with Crippen LogP contribution in [0.5, 0.6) is 0 Å². The van der Waals surface area contributed by atoms with Gasteiger partial charge >= 0.3 is 0 Å². The lowest BCUT2D eigenvalue weighted by atomic mass is 10.1. The highest BCUT2D eigenvalue weighted by atomic mass is 127. The fraction of sp³-hybridized carbons (Fsp3) is 0.167. The Bertz CT molecular complexity index is 1400. The van der Waals surface area contributed by atoms with Crippen LogP contribution in [0.15, 0.2) is 65.1 Å². The van der Waals surface area contributed by atoms with Crippen molar-refractivity contribution in [2.24, 2.45) is 0 Å². The summed E-state index contributed by atoms with van der Waals surface area (Å²) < 4.78 is 12.2. The second-order valence-corrected chi connectivity index (χ2v) is 8.97. The molecule has 0 aliphatic carbocycles. The number of rotatable bonds is 5. The maximum absolute atomic E-state index is 12.9. The third-order valence-corrected chi connectivity index (χ3v) is 6.17. The first-order valence-corrected chi connectivity index (χ1v) is 11.6. The minimum absolute atomic E-state index is 0.108. The number of hydrogen-bond acceptors (Lipinski definition) is 7. The predicted octanol–water partition coefficient (Wildman–Crippen LogP) is 5.10. The molecular formula is C24H19IN4O5. The molecule has 1 aliphatic rings. The molecule has 1 N–H and O–H groups in total. The lowest BCUT2D eigenvalue weighted by Crippen LogP contribution is -2.36. The van der Waals surface area contributed by atoms with Gasteiger partial charge in [-0.2, -0.15) is 0 Å². The van der Waals surface area contributed by atoms with Crippen molar-refractivity contribution in [1.82, 2.24) is 4.98 Å². The van der Waals surface area contributed by atoms with Gasteiger partial charge in [0.05, 0.1) is 18.1 Å². The monoisotopic (exact) mass is 570 g/mol. The number of nitrogens with one attached hydrogen (secondary N) is 1. The fourth-order valence-electron chi connectivity index (χ4n) is 3.84. The molecule has 0 atom stereocenters. The Morgan fingerprint density at radius 1 is 1.09 bits per heavy atom. The van der Waals surface area contributed by atoms with E-state index in [1.54, 1.807) is 30.3 Å². The lowest BCUT2D eigenvalue weighted by molar-refractivity contribution is -0.384. The third-order valence-electron chi connectivity index (χ3n) is 5.50. The SMILES string of the molecule is O=C(Nc1ccc2oc(-c3cccc(I)c3)nc2c1)c1ccc(N2CCOCC2)c([N+](=O)[O-])c1. The molecule has 0 bridgehead atoms. The molecule has 0 saturated carbocycles. The van der Waals surface area contributed by atoms with Crippen molar-refractivity contribution in [2.45, 2.75) is 0 Å². The summed E-state index contributed by atoms with van der Waals surface area (Å²) in [4.78, 5) is 30.5. The molecule has 172 valence electrons. The summed E-state index contributed by atoms with van der Waals surface area (Å²) in [6, 6.07) is 17.5. The Balaban J connectivity index is 1.38. The molecule has 5 rings (SSSR count). The molecule has 9 nitrogen and oxygen atoms in total. The molecule has 1 aromatic heterocycles. The Hall–Kier alpha value is -3.51. The highest BCUT2D eigenvalue weighted by Gasteiger charge is 2.23. The first kappa shape index (κ1) is 22.3. The summed E-state index contributed by atoms with van der Waals surface area (Å²) in [5.74, 6) is 0.0450. The normalized spacial score (nSPS) is 13.7. The van der Waals surface area contributed by atoms with E-state index in [0.717, 1.165) is 9.13 Å². The average Bonchev–Trinajstić information content (AvgIpc) is 3.28. The zero-order valence-corrected chi connectivity index (χ0v) is 20.0. The molecule has 0 spiro atoms. The Labute approximate surface area is 208 Å². The number of halogens is 1. The number of amides is 1. The Kier molecular flexibility index (Phi) is 6.16. The van der Waals surface area contributed by atoms with E-state index in [-0.39, 0.29) is 11.3 Å². The Morgan fingerprint density at radius 3 is 2.68 bits per heavy atom. The number of carbonyl (C=O) groups is 1. The maximum Gasteiger partial charge on any atom is 0.293 e. The number of ether oxygens (including phenoxy) is 1. The van der Waals surface area contributed by atoms with Crippen LogP contribution in [0.2, 0.25) is 0 Å². The van der Waals surface area contributed by atoms with Gasteiger partial charge in [0.15, 0.2) is 5.58 Å². The standard InChI is InChI=1S/C24H19IN4O5/c25-17-3-1-2-16(12-17)24-27-19-14-18(5-7-22(19)34-24)26-23(30)15-4-6-20(21(13-15)29(31)32)28-8-10-33-11-9-28/h1-7,12-14H,8-11H2,(H,26,30). The van der Waals surface area contributed by atoms with Crippen LogP contribution < -0.4 is 10.2 Å². The van der Waals surface area contributed by atoms with Crippen LogP contribution >= 0.6 is 22.6 Å². The van der Waals surface area contributed by atoms with Crippen LogP contribution in [0.3, 0.4) is 0 Å². The molecule has 0 radical (unpaired) electrons. The van der Waals surface area contributed by atoms with E-state index < -0.39 is 10.8 Å². The number of nitro benzene ring substituents is 1.